The van der Waals surface area contributed by atoms with E-state index in [1.165, 1.54) is 4.90 Å². The van der Waals surface area contributed by atoms with Gasteiger partial charge in [0.1, 0.15) is 5.92 Å². The molecule has 0 N–H and O–H groups in total. The van der Waals surface area contributed by atoms with Crippen LogP contribution in [0, 0.1) is 5.92 Å². The Labute approximate surface area is 195 Å². The average Bonchev–Trinajstić information content (AvgIpc) is 3.32. The molecular formula is C25H21ClN2O3S. The van der Waals surface area contributed by atoms with Crippen molar-refractivity contribution < 1.29 is 14.4 Å². The first-order valence-electron chi connectivity index (χ1n) is 10.3. The lowest BCUT2D eigenvalue weighted by molar-refractivity contribution is -0.143. The smallest absolute Gasteiger partial charge is 0.262 e. The summed E-state index contributed by atoms with van der Waals surface area (Å²) in [6.07, 6.45) is 1.16. The minimum Gasteiger partial charge on any atom is -0.275 e. The quantitative estimate of drug-likeness (QED) is 0.388. The number of thioether (sulfide) groups is 1. The number of hydroxylamine groups is 1. The van der Waals surface area contributed by atoms with Crippen LogP contribution in [0.5, 0.6) is 0 Å². The lowest BCUT2D eigenvalue weighted by atomic mass is 9.90. The van der Waals surface area contributed by atoms with E-state index in [1.54, 1.807) is 29.0 Å². The molecule has 7 heteroatoms. The second kappa shape index (κ2) is 8.62. The van der Waals surface area contributed by atoms with Crippen LogP contribution in [0.2, 0.25) is 5.02 Å². The van der Waals surface area contributed by atoms with Crippen LogP contribution in [-0.4, -0.2) is 29.1 Å². The van der Waals surface area contributed by atoms with Gasteiger partial charge in [0.2, 0.25) is 5.91 Å². The van der Waals surface area contributed by atoms with Crippen molar-refractivity contribution in [3.05, 3.63) is 95.0 Å². The molecule has 5 rings (SSSR count). The predicted molar refractivity (Wildman–Crippen MR) is 125 cm³/mol. The molecule has 0 radical (unpaired) electrons. The first-order chi connectivity index (χ1) is 15.6. The summed E-state index contributed by atoms with van der Waals surface area (Å²) in [6, 6.07) is 24.4. The topological polar surface area (TPSA) is 49.9 Å². The molecule has 0 aromatic heterocycles. The molecule has 32 heavy (non-hydrogen) atoms. The number of carbonyl (C=O) groups excluding carboxylic acids is 2. The maximum atomic E-state index is 13.5. The van der Waals surface area contributed by atoms with Crippen molar-refractivity contribution in [3.8, 4) is 0 Å². The van der Waals surface area contributed by atoms with E-state index < -0.39 is 18.1 Å². The molecule has 2 saturated heterocycles. The highest BCUT2D eigenvalue weighted by Gasteiger charge is 2.59. The predicted octanol–water partition coefficient (Wildman–Crippen LogP) is 5.11. The van der Waals surface area contributed by atoms with E-state index in [4.69, 9.17) is 16.4 Å². The number of anilines is 1. The van der Waals surface area contributed by atoms with Gasteiger partial charge >= 0.3 is 0 Å². The van der Waals surface area contributed by atoms with E-state index in [-0.39, 0.29) is 18.4 Å². The Balaban J connectivity index is 1.52. The Morgan fingerprint density at radius 2 is 1.59 bits per heavy atom. The molecule has 0 bridgehead atoms. The van der Waals surface area contributed by atoms with Crippen LogP contribution in [0.1, 0.15) is 17.2 Å². The molecular weight excluding hydrogens is 444 g/mol. The number of hydrogen-bond donors (Lipinski definition) is 0. The normalized spacial score (nSPS) is 22.5. The minimum atomic E-state index is -0.855. The third-order valence-corrected chi connectivity index (χ3v) is 6.92. The molecule has 2 fully saturated rings. The molecule has 0 unspecified atom stereocenters. The van der Waals surface area contributed by atoms with Crippen LogP contribution in [-0.2, 0) is 21.0 Å². The molecule has 2 amide bonds. The van der Waals surface area contributed by atoms with Crippen molar-refractivity contribution in [1.82, 2.24) is 4.90 Å². The third-order valence-electron chi connectivity index (χ3n) is 5.93. The zero-order valence-corrected chi connectivity index (χ0v) is 18.9. The van der Waals surface area contributed by atoms with Gasteiger partial charge in [-0.1, -0.05) is 54.1 Å². The van der Waals surface area contributed by atoms with Gasteiger partial charge in [-0.3, -0.25) is 19.3 Å². The molecule has 162 valence electrons. The Morgan fingerprint density at radius 3 is 2.25 bits per heavy atom. The summed E-state index contributed by atoms with van der Waals surface area (Å²) in [7, 11) is 0. The fourth-order valence-corrected chi connectivity index (χ4v) is 4.88. The van der Waals surface area contributed by atoms with Crippen LogP contribution in [0.15, 0.2) is 83.8 Å². The van der Waals surface area contributed by atoms with Crippen LogP contribution >= 0.6 is 23.4 Å². The number of likely N-dealkylation sites (tertiary alicyclic amines) is 1. The highest BCUT2D eigenvalue weighted by molar-refractivity contribution is 7.98. The molecule has 3 aromatic carbocycles. The Kier molecular flexibility index (Phi) is 5.67. The van der Waals surface area contributed by atoms with Crippen molar-refractivity contribution in [3.63, 3.8) is 0 Å². The number of halogens is 1. The van der Waals surface area contributed by atoms with Gasteiger partial charge in [-0.05, 0) is 53.8 Å². The Morgan fingerprint density at radius 1 is 0.906 bits per heavy atom. The number of rotatable bonds is 5. The Bertz CT molecular complexity index is 1140. The maximum Gasteiger partial charge on any atom is 0.262 e. The number of benzene rings is 3. The van der Waals surface area contributed by atoms with Crippen LogP contribution in [0.3, 0.4) is 0 Å². The van der Waals surface area contributed by atoms with Crippen LogP contribution < -0.4 is 5.06 Å². The largest absolute Gasteiger partial charge is 0.275 e. The number of carbonyl (C=O) groups is 2. The first-order valence-corrected chi connectivity index (χ1v) is 11.9. The highest BCUT2D eigenvalue weighted by atomic mass is 35.5. The minimum absolute atomic E-state index is 0.209. The Hall–Kier alpha value is -2.80. The molecule has 3 aromatic rings. The summed E-state index contributed by atoms with van der Waals surface area (Å²) >= 11 is 7.72. The maximum absolute atomic E-state index is 13.5. The zero-order valence-electron chi connectivity index (χ0n) is 17.4. The van der Waals surface area contributed by atoms with E-state index in [0.717, 1.165) is 21.7 Å². The monoisotopic (exact) mass is 464 g/mol. The van der Waals surface area contributed by atoms with Crippen molar-refractivity contribution in [2.24, 2.45) is 5.92 Å². The average molecular weight is 465 g/mol. The molecule has 0 spiro atoms. The molecule has 0 saturated carbocycles. The summed E-state index contributed by atoms with van der Waals surface area (Å²) in [5, 5.41) is 2.30. The zero-order chi connectivity index (χ0) is 22.2. The fourth-order valence-electron chi connectivity index (χ4n) is 4.35. The first kappa shape index (κ1) is 21.1. The summed E-state index contributed by atoms with van der Waals surface area (Å²) in [5.41, 5.74) is 2.58. The van der Waals surface area contributed by atoms with Gasteiger partial charge in [0.25, 0.3) is 5.91 Å². The van der Waals surface area contributed by atoms with Gasteiger partial charge < -0.3 is 0 Å². The molecule has 0 aliphatic carbocycles. The summed E-state index contributed by atoms with van der Waals surface area (Å²) < 4.78 is 0. The summed E-state index contributed by atoms with van der Waals surface area (Å²) in [6.45, 7) is 0.244. The van der Waals surface area contributed by atoms with Gasteiger partial charge in [0.05, 0.1) is 18.3 Å². The number of hydrogen-bond acceptors (Lipinski definition) is 5. The number of amides is 2. The van der Waals surface area contributed by atoms with Gasteiger partial charge in [-0.25, -0.2) is 5.06 Å². The van der Waals surface area contributed by atoms with Gasteiger partial charge in [-0.2, -0.15) is 0 Å². The van der Waals surface area contributed by atoms with Gasteiger partial charge in [0.15, 0.2) is 6.10 Å². The number of imide groups is 1. The molecule has 3 atom stereocenters. The van der Waals surface area contributed by atoms with E-state index in [9.17, 15) is 9.59 Å². The standard InChI is InChI=1S/C25H21ClN2O3S/c1-32-20-13-7-17(8-14-20)22-21-23(31-28(22)19-11-9-18(26)10-12-19)25(30)27(24(21)29)15-16-5-3-2-4-6-16/h2-14,21-23H,15H2,1H3/t21-,22-,23+/m0/s1. The second-order valence-corrected chi connectivity index (χ2v) is 9.14. The molecule has 5 nitrogen and oxygen atoms in total. The van der Waals surface area contributed by atoms with E-state index in [2.05, 4.69) is 0 Å². The number of nitrogens with zero attached hydrogens (tertiary/aromatic N) is 2. The highest BCUT2D eigenvalue weighted by Crippen LogP contribution is 2.47. The van der Waals surface area contributed by atoms with E-state index in [0.29, 0.717) is 5.02 Å². The summed E-state index contributed by atoms with van der Waals surface area (Å²) in [4.78, 5) is 35.4. The lowest BCUT2D eigenvalue weighted by Crippen LogP contribution is -2.36. The van der Waals surface area contributed by atoms with Crippen LogP contribution in [0.25, 0.3) is 0 Å². The summed E-state index contributed by atoms with van der Waals surface area (Å²) in [5.74, 6) is -1.13. The van der Waals surface area contributed by atoms with Crippen LogP contribution in [0.4, 0.5) is 5.69 Å². The SMILES string of the molecule is CSc1ccc([C@H]2[C@@H]3C(=O)N(Cc4ccccc4)C(=O)[C@@H]3ON2c2ccc(Cl)cc2)cc1. The molecule has 2 aliphatic rings. The van der Waals surface area contributed by atoms with Crippen molar-refractivity contribution in [2.45, 2.75) is 23.6 Å². The molecule has 2 aliphatic heterocycles. The van der Waals surface area contributed by atoms with Crippen molar-refractivity contribution in [2.75, 3.05) is 11.3 Å². The van der Waals surface area contributed by atoms with Crippen molar-refractivity contribution >= 4 is 40.9 Å². The van der Waals surface area contributed by atoms with Crippen molar-refractivity contribution in [1.29, 1.82) is 0 Å². The number of fused-ring (bicyclic) bond motifs is 1. The van der Waals surface area contributed by atoms with Gasteiger partial charge in [0, 0.05) is 9.92 Å². The lowest BCUT2D eigenvalue weighted by Gasteiger charge is -2.29. The third kappa shape index (κ3) is 3.68. The van der Waals surface area contributed by atoms with E-state index in [1.807, 2.05) is 73.0 Å². The second-order valence-electron chi connectivity index (χ2n) is 7.82. The van der Waals surface area contributed by atoms with Gasteiger partial charge in [-0.15, -0.1) is 11.8 Å². The fraction of sp³-hybridized carbons (Fsp3) is 0.200. The molecule has 2 heterocycles. The van der Waals surface area contributed by atoms with E-state index >= 15 is 0 Å².